The van der Waals surface area contributed by atoms with Crippen molar-refractivity contribution in [3.63, 3.8) is 0 Å². The van der Waals surface area contributed by atoms with Crippen molar-refractivity contribution in [2.24, 2.45) is 0 Å². The molecule has 0 bridgehead atoms. The summed E-state index contributed by atoms with van der Waals surface area (Å²) < 4.78 is 37.6. The van der Waals surface area contributed by atoms with E-state index in [1.807, 2.05) is 0 Å². The highest BCUT2D eigenvalue weighted by Crippen LogP contribution is 2.27. The van der Waals surface area contributed by atoms with Crippen LogP contribution in [0.5, 0.6) is 5.88 Å². The van der Waals surface area contributed by atoms with E-state index in [0.717, 1.165) is 0 Å². The van der Waals surface area contributed by atoms with Gasteiger partial charge in [0.2, 0.25) is 5.88 Å². The van der Waals surface area contributed by atoms with Crippen LogP contribution < -0.4 is 4.74 Å². The van der Waals surface area contributed by atoms with E-state index in [4.69, 9.17) is 4.74 Å². The van der Waals surface area contributed by atoms with Crippen molar-refractivity contribution in [1.82, 2.24) is 8.96 Å². The Morgan fingerprint density at radius 2 is 1.85 bits per heavy atom. The Labute approximate surface area is 157 Å². The second-order valence-electron chi connectivity index (χ2n) is 5.91. The molecule has 1 aromatic carbocycles. The molecular formula is C19H20N2O5S. The molecule has 0 spiro atoms. The first-order valence-corrected chi connectivity index (χ1v) is 9.84. The molecule has 0 saturated heterocycles. The molecule has 0 radical (unpaired) electrons. The van der Waals surface area contributed by atoms with Crippen LogP contribution >= 0.6 is 0 Å². The first-order chi connectivity index (χ1) is 13.0. The molecule has 0 aliphatic rings. The van der Waals surface area contributed by atoms with Crippen LogP contribution in [0, 0.1) is 0 Å². The summed E-state index contributed by atoms with van der Waals surface area (Å²) in [6.45, 7) is 0. The van der Waals surface area contributed by atoms with Gasteiger partial charge in [-0.3, -0.25) is 4.79 Å². The van der Waals surface area contributed by atoms with Gasteiger partial charge in [0.05, 0.1) is 30.1 Å². The van der Waals surface area contributed by atoms with Gasteiger partial charge in [-0.1, -0.05) is 18.2 Å². The number of ether oxygens (including phenoxy) is 2. The van der Waals surface area contributed by atoms with E-state index < -0.39 is 10.0 Å². The molecule has 7 nitrogen and oxygen atoms in total. The summed E-state index contributed by atoms with van der Waals surface area (Å²) in [6, 6.07) is 13.2. The number of aromatic nitrogens is 2. The Morgan fingerprint density at radius 1 is 1.11 bits per heavy atom. The van der Waals surface area contributed by atoms with E-state index in [1.165, 1.54) is 18.2 Å². The Balaban J connectivity index is 2.10. The Morgan fingerprint density at radius 3 is 2.52 bits per heavy atom. The van der Waals surface area contributed by atoms with E-state index in [9.17, 15) is 13.2 Å². The predicted molar refractivity (Wildman–Crippen MR) is 100 cm³/mol. The van der Waals surface area contributed by atoms with Crippen LogP contribution in [0.3, 0.4) is 0 Å². The fourth-order valence-electron chi connectivity index (χ4n) is 2.88. The Hall–Kier alpha value is -2.87. The van der Waals surface area contributed by atoms with E-state index in [0.29, 0.717) is 35.4 Å². The molecule has 0 saturated carbocycles. The number of carbonyl (C=O) groups excluding carboxylic acids is 1. The second-order valence-corrected chi connectivity index (χ2v) is 7.69. The number of hydrogen-bond acceptors (Lipinski definition) is 6. The molecule has 3 aromatic rings. The van der Waals surface area contributed by atoms with Gasteiger partial charge in [-0.15, -0.1) is 0 Å². The molecule has 3 rings (SSSR count). The minimum Gasteiger partial charge on any atom is -0.481 e. The topological polar surface area (TPSA) is 87.5 Å². The van der Waals surface area contributed by atoms with Crippen molar-refractivity contribution in [3.05, 3.63) is 54.2 Å². The number of aryl methyl sites for hydroxylation is 1. The summed E-state index contributed by atoms with van der Waals surface area (Å²) in [7, 11) is -0.977. The number of methoxy groups -OCH3 is 2. The van der Waals surface area contributed by atoms with Gasteiger partial charge in [0, 0.05) is 18.2 Å². The van der Waals surface area contributed by atoms with E-state index >= 15 is 0 Å². The summed E-state index contributed by atoms with van der Waals surface area (Å²) in [5, 5.41) is 0. The molecular weight excluding hydrogens is 368 g/mol. The van der Waals surface area contributed by atoms with Gasteiger partial charge in [0.1, 0.15) is 0 Å². The predicted octanol–water partition coefficient (Wildman–Crippen LogP) is 2.78. The smallest absolute Gasteiger partial charge is 0.305 e. The molecule has 0 unspecified atom stereocenters. The Bertz CT molecular complexity index is 1060. The van der Waals surface area contributed by atoms with Crippen molar-refractivity contribution in [2.45, 2.75) is 24.2 Å². The zero-order valence-corrected chi connectivity index (χ0v) is 15.9. The molecule has 0 amide bonds. The van der Waals surface area contributed by atoms with Crippen LogP contribution in [0.4, 0.5) is 0 Å². The van der Waals surface area contributed by atoms with Crippen molar-refractivity contribution >= 4 is 27.0 Å². The number of benzene rings is 1. The molecule has 27 heavy (non-hydrogen) atoms. The highest BCUT2D eigenvalue weighted by molar-refractivity contribution is 7.90. The van der Waals surface area contributed by atoms with Gasteiger partial charge >= 0.3 is 5.97 Å². The van der Waals surface area contributed by atoms with Crippen molar-refractivity contribution < 1.29 is 22.7 Å². The van der Waals surface area contributed by atoms with E-state index in [1.54, 1.807) is 48.5 Å². The molecule has 0 aliphatic carbocycles. The third kappa shape index (κ3) is 3.80. The monoisotopic (exact) mass is 388 g/mol. The highest BCUT2D eigenvalue weighted by Gasteiger charge is 2.23. The molecule has 0 atom stereocenters. The fraction of sp³-hybridized carbons (Fsp3) is 0.263. The van der Waals surface area contributed by atoms with Gasteiger partial charge in [-0.2, -0.15) is 0 Å². The van der Waals surface area contributed by atoms with Crippen LogP contribution in [0.1, 0.15) is 18.5 Å². The third-order valence-corrected chi connectivity index (χ3v) is 5.97. The normalized spacial score (nSPS) is 11.5. The average molecular weight is 388 g/mol. The lowest BCUT2D eigenvalue weighted by molar-refractivity contribution is -0.140. The minimum absolute atomic E-state index is 0.188. The lowest BCUT2D eigenvalue weighted by Crippen LogP contribution is -2.16. The van der Waals surface area contributed by atoms with Gasteiger partial charge < -0.3 is 9.47 Å². The molecule has 0 N–H and O–H groups in total. The van der Waals surface area contributed by atoms with Crippen molar-refractivity contribution in [2.75, 3.05) is 14.2 Å². The largest absolute Gasteiger partial charge is 0.481 e. The quantitative estimate of drug-likeness (QED) is 0.579. The lowest BCUT2D eigenvalue weighted by Gasteiger charge is -2.12. The summed E-state index contributed by atoms with van der Waals surface area (Å²) in [6.07, 6.45) is 1.06. The van der Waals surface area contributed by atoms with E-state index in [-0.39, 0.29) is 17.3 Å². The molecule has 2 aromatic heterocycles. The number of pyridine rings is 1. The SMILES string of the molecule is COC(=O)CCCc1cc2nc(OC)ccc2n1S(=O)(=O)c1ccccc1. The zero-order valence-electron chi connectivity index (χ0n) is 15.1. The lowest BCUT2D eigenvalue weighted by atomic mass is 10.2. The average Bonchev–Trinajstić information content (AvgIpc) is 3.06. The Kier molecular flexibility index (Phi) is 5.46. The molecule has 2 heterocycles. The minimum atomic E-state index is -3.81. The van der Waals surface area contributed by atoms with E-state index in [2.05, 4.69) is 9.72 Å². The fourth-order valence-corrected chi connectivity index (χ4v) is 4.46. The zero-order chi connectivity index (χ0) is 19.4. The van der Waals surface area contributed by atoms with Gasteiger partial charge in [0.25, 0.3) is 10.0 Å². The number of carbonyl (C=O) groups is 1. The van der Waals surface area contributed by atoms with Crippen molar-refractivity contribution in [1.29, 1.82) is 0 Å². The van der Waals surface area contributed by atoms with Crippen LogP contribution in [-0.4, -0.2) is 37.6 Å². The second kappa shape index (κ2) is 7.79. The maximum atomic E-state index is 13.2. The molecule has 8 heteroatoms. The maximum absolute atomic E-state index is 13.2. The van der Waals surface area contributed by atoms with Gasteiger partial charge in [0.15, 0.2) is 0 Å². The third-order valence-electron chi connectivity index (χ3n) is 4.19. The number of esters is 1. The first kappa shape index (κ1) is 18.9. The van der Waals surface area contributed by atoms with Gasteiger partial charge in [-0.05, 0) is 37.1 Å². The summed E-state index contributed by atoms with van der Waals surface area (Å²) in [5.41, 5.74) is 1.54. The molecule has 0 aliphatic heterocycles. The number of hydrogen-bond donors (Lipinski definition) is 0. The van der Waals surface area contributed by atoms with Crippen LogP contribution in [0.25, 0.3) is 11.0 Å². The standard InChI is InChI=1S/C19H20N2O5S/c1-25-18-12-11-17-16(20-18)13-14(7-6-10-19(22)26-2)21(17)27(23,24)15-8-4-3-5-9-15/h3-5,8-9,11-13H,6-7,10H2,1-2H3. The number of nitrogens with zero attached hydrogens (tertiary/aromatic N) is 2. The number of fused-ring (bicyclic) bond motifs is 1. The highest BCUT2D eigenvalue weighted by atomic mass is 32.2. The maximum Gasteiger partial charge on any atom is 0.305 e. The van der Waals surface area contributed by atoms with Crippen LogP contribution in [-0.2, 0) is 26.0 Å². The first-order valence-electron chi connectivity index (χ1n) is 8.40. The number of rotatable bonds is 7. The van der Waals surface area contributed by atoms with Crippen LogP contribution in [0.15, 0.2) is 53.4 Å². The van der Waals surface area contributed by atoms with Crippen LogP contribution in [0.2, 0.25) is 0 Å². The van der Waals surface area contributed by atoms with Crippen molar-refractivity contribution in [3.8, 4) is 5.88 Å². The summed E-state index contributed by atoms with van der Waals surface area (Å²) in [5.74, 6) is 0.0706. The summed E-state index contributed by atoms with van der Waals surface area (Å²) >= 11 is 0. The van der Waals surface area contributed by atoms with Gasteiger partial charge in [-0.25, -0.2) is 17.4 Å². The molecule has 0 fully saturated rings. The molecule has 142 valence electrons. The summed E-state index contributed by atoms with van der Waals surface area (Å²) in [4.78, 5) is 15.9.